The topological polar surface area (TPSA) is 80.5 Å². The van der Waals surface area contributed by atoms with E-state index in [9.17, 15) is 22.4 Å². The van der Waals surface area contributed by atoms with Gasteiger partial charge < -0.3 is 15.4 Å². The second kappa shape index (κ2) is 9.61. The molecule has 2 N–H and O–H groups in total. The molecule has 0 unspecified atom stereocenters. The molecule has 35 heavy (non-hydrogen) atoms. The quantitative estimate of drug-likeness (QED) is 0.343. The normalized spacial score (nSPS) is 11.5. The number of alkyl halides is 3. The molecule has 4 rings (SSSR count). The Morgan fingerprint density at radius 1 is 1.17 bits per heavy atom. The first-order valence-corrected chi connectivity index (χ1v) is 10.6. The summed E-state index contributed by atoms with van der Waals surface area (Å²) in [5, 5.41) is 9.81. The van der Waals surface area contributed by atoms with Crippen LogP contribution in [0.2, 0.25) is 0 Å². The monoisotopic (exact) mass is 487 g/mol. The van der Waals surface area contributed by atoms with Gasteiger partial charge in [0, 0.05) is 37.6 Å². The van der Waals surface area contributed by atoms with Crippen LogP contribution in [-0.2, 0) is 0 Å². The molecular formula is C24H21F4N5O2. The Labute approximate surface area is 197 Å². The van der Waals surface area contributed by atoms with Gasteiger partial charge in [-0.15, -0.1) is 5.10 Å². The average molecular weight is 487 g/mol. The summed E-state index contributed by atoms with van der Waals surface area (Å²) in [5.41, 5.74) is 2.44. The molecule has 0 aliphatic heterocycles. The molecule has 11 heteroatoms. The Morgan fingerprint density at radius 2 is 1.97 bits per heavy atom. The highest BCUT2D eigenvalue weighted by atomic mass is 19.4. The number of amides is 1. The minimum Gasteiger partial charge on any atom is -0.437 e. The minimum absolute atomic E-state index is 0.0164. The molecule has 0 fully saturated rings. The highest BCUT2D eigenvalue weighted by Crippen LogP contribution is 2.40. The Morgan fingerprint density at radius 3 is 2.66 bits per heavy atom. The number of aromatic nitrogens is 3. The summed E-state index contributed by atoms with van der Waals surface area (Å²) in [6.07, 6.45) is -2.46. The number of ether oxygens (including phenoxy) is 1. The maximum atomic E-state index is 13.8. The molecule has 1 amide bonds. The van der Waals surface area contributed by atoms with E-state index < -0.39 is 25.0 Å². The zero-order chi connectivity index (χ0) is 25.2. The van der Waals surface area contributed by atoms with E-state index in [-0.39, 0.29) is 28.9 Å². The van der Waals surface area contributed by atoms with Crippen LogP contribution in [-0.4, -0.2) is 40.3 Å². The molecule has 0 saturated heterocycles. The average Bonchev–Trinajstić information content (AvgIpc) is 3.26. The van der Waals surface area contributed by atoms with Gasteiger partial charge in [0.25, 0.3) is 5.91 Å². The first kappa shape index (κ1) is 24.0. The number of halogens is 4. The molecule has 0 bridgehead atoms. The van der Waals surface area contributed by atoms with E-state index in [0.717, 1.165) is 0 Å². The smallest absolute Gasteiger partial charge is 0.390 e. The number of rotatable bonds is 7. The number of hydrogen-bond donors (Lipinski definition) is 2. The predicted octanol–water partition coefficient (Wildman–Crippen LogP) is 5.36. The third kappa shape index (κ3) is 5.34. The molecule has 0 aliphatic carbocycles. The van der Waals surface area contributed by atoms with Crippen LogP contribution in [0.5, 0.6) is 11.6 Å². The van der Waals surface area contributed by atoms with Crippen molar-refractivity contribution in [2.75, 3.05) is 18.9 Å². The largest absolute Gasteiger partial charge is 0.437 e. The van der Waals surface area contributed by atoms with Crippen molar-refractivity contribution < 1.29 is 27.1 Å². The lowest BCUT2D eigenvalue weighted by molar-refractivity contribution is -0.131. The maximum absolute atomic E-state index is 13.8. The fraction of sp³-hybridized carbons (Fsp3) is 0.208. The number of fused-ring (bicyclic) bond motifs is 1. The van der Waals surface area contributed by atoms with Gasteiger partial charge in [0.15, 0.2) is 5.65 Å². The van der Waals surface area contributed by atoms with Crippen LogP contribution < -0.4 is 15.4 Å². The second-order valence-corrected chi connectivity index (χ2v) is 7.71. The SMILES string of the molecule is CNC(=O)c1ccc(-c2c(Oc3cccc(F)c3)nn3ccnc3c2NCCC(F)(F)F)cc1C. The first-order valence-electron chi connectivity index (χ1n) is 10.6. The van der Waals surface area contributed by atoms with Crippen LogP contribution in [0.3, 0.4) is 0 Å². The van der Waals surface area contributed by atoms with Crippen LogP contribution in [0, 0.1) is 12.7 Å². The molecule has 2 aromatic carbocycles. The zero-order valence-electron chi connectivity index (χ0n) is 18.8. The van der Waals surface area contributed by atoms with Crippen molar-refractivity contribution in [3.63, 3.8) is 0 Å². The summed E-state index contributed by atoms with van der Waals surface area (Å²) in [4.78, 5) is 16.4. The lowest BCUT2D eigenvalue weighted by Gasteiger charge is -2.18. The number of nitrogens with one attached hydrogen (secondary N) is 2. The lowest BCUT2D eigenvalue weighted by Crippen LogP contribution is -2.19. The molecule has 182 valence electrons. The van der Waals surface area contributed by atoms with E-state index in [1.165, 1.54) is 48.2 Å². The molecule has 0 aliphatic rings. The van der Waals surface area contributed by atoms with Crippen molar-refractivity contribution in [3.8, 4) is 22.8 Å². The van der Waals surface area contributed by atoms with Crippen LogP contribution in [0.4, 0.5) is 23.2 Å². The van der Waals surface area contributed by atoms with Crippen molar-refractivity contribution in [1.29, 1.82) is 0 Å². The Kier molecular flexibility index (Phi) is 6.59. The number of benzene rings is 2. The van der Waals surface area contributed by atoms with Gasteiger partial charge in [0.1, 0.15) is 11.6 Å². The fourth-order valence-electron chi connectivity index (χ4n) is 3.61. The van der Waals surface area contributed by atoms with Gasteiger partial charge in [0.2, 0.25) is 5.88 Å². The number of hydrogen-bond acceptors (Lipinski definition) is 5. The number of imidazole rings is 1. The van der Waals surface area contributed by atoms with E-state index in [1.807, 2.05) is 0 Å². The molecule has 2 heterocycles. The Hall–Kier alpha value is -4.15. The van der Waals surface area contributed by atoms with Gasteiger partial charge in [-0.05, 0) is 36.2 Å². The Bertz CT molecular complexity index is 1380. The minimum atomic E-state index is -4.36. The van der Waals surface area contributed by atoms with Gasteiger partial charge in [-0.1, -0.05) is 18.2 Å². The van der Waals surface area contributed by atoms with Crippen LogP contribution >= 0.6 is 0 Å². The van der Waals surface area contributed by atoms with E-state index in [2.05, 4.69) is 20.7 Å². The second-order valence-electron chi connectivity index (χ2n) is 7.71. The van der Waals surface area contributed by atoms with Crippen molar-refractivity contribution in [2.24, 2.45) is 0 Å². The summed E-state index contributed by atoms with van der Waals surface area (Å²) in [5.74, 6) is -0.640. The van der Waals surface area contributed by atoms with Crippen LogP contribution in [0.15, 0.2) is 54.9 Å². The molecule has 0 saturated carbocycles. The molecule has 0 atom stereocenters. The summed E-state index contributed by atoms with van der Waals surface area (Å²) in [6.45, 7) is 1.32. The molecule has 0 spiro atoms. The van der Waals surface area contributed by atoms with Gasteiger partial charge in [-0.2, -0.15) is 13.2 Å². The van der Waals surface area contributed by atoms with Gasteiger partial charge >= 0.3 is 6.18 Å². The van der Waals surface area contributed by atoms with Crippen LogP contribution in [0.25, 0.3) is 16.8 Å². The number of carbonyl (C=O) groups is 1. The Balaban J connectivity index is 1.89. The highest BCUT2D eigenvalue weighted by molar-refractivity contribution is 5.97. The predicted molar refractivity (Wildman–Crippen MR) is 122 cm³/mol. The van der Waals surface area contributed by atoms with Crippen molar-refractivity contribution in [3.05, 3.63) is 71.8 Å². The first-order chi connectivity index (χ1) is 16.7. The van der Waals surface area contributed by atoms with Crippen LogP contribution in [0.1, 0.15) is 22.3 Å². The summed E-state index contributed by atoms with van der Waals surface area (Å²) in [6, 6.07) is 10.4. The zero-order valence-corrected chi connectivity index (χ0v) is 18.8. The van der Waals surface area contributed by atoms with Gasteiger partial charge in [-0.25, -0.2) is 13.9 Å². The third-order valence-electron chi connectivity index (χ3n) is 5.22. The number of nitrogens with zero attached hydrogens (tertiary/aromatic N) is 3. The molecule has 4 aromatic rings. The van der Waals surface area contributed by atoms with Crippen molar-refractivity contribution >= 4 is 17.2 Å². The summed E-state index contributed by atoms with van der Waals surface area (Å²) in [7, 11) is 1.51. The fourth-order valence-corrected chi connectivity index (χ4v) is 3.61. The van der Waals surface area contributed by atoms with Crippen molar-refractivity contribution in [1.82, 2.24) is 19.9 Å². The van der Waals surface area contributed by atoms with Gasteiger partial charge in [-0.3, -0.25) is 4.79 Å². The lowest BCUT2D eigenvalue weighted by atomic mass is 9.99. The third-order valence-corrected chi connectivity index (χ3v) is 5.22. The summed E-state index contributed by atoms with van der Waals surface area (Å²) >= 11 is 0. The summed E-state index contributed by atoms with van der Waals surface area (Å²) < 4.78 is 59.7. The standard InChI is InChI=1S/C24H21F4N5O2/c1-14-12-15(6-7-18(14)22(34)29-2)19-20(30-9-8-24(26,27)28)21-31-10-11-33(21)32-23(19)35-17-5-3-4-16(25)13-17/h3-7,10-13,30H,8-9H2,1-2H3,(H,29,34). The van der Waals surface area contributed by atoms with Gasteiger partial charge in [0.05, 0.1) is 17.7 Å². The van der Waals surface area contributed by atoms with E-state index in [4.69, 9.17) is 4.74 Å². The van der Waals surface area contributed by atoms with E-state index >= 15 is 0 Å². The number of carbonyl (C=O) groups excluding carboxylic acids is 1. The number of anilines is 1. The molecule has 0 radical (unpaired) electrons. The molecule has 7 nitrogen and oxygen atoms in total. The maximum Gasteiger partial charge on any atom is 0.390 e. The highest BCUT2D eigenvalue weighted by Gasteiger charge is 2.27. The van der Waals surface area contributed by atoms with Crippen molar-refractivity contribution in [2.45, 2.75) is 19.5 Å². The number of aryl methyl sites for hydroxylation is 1. The van der Waals surface area contributed by atoms with E-state index in [0.29, 0.717) is 22.3 Å². The van der Waals surface area contributed by atoms with E-state index in [1.54, 1.807) is 25.1 Å². The molecule has 2 aromatic heterocycles. The molecular weight excluding hydrogens is 466 g/mol.